The molecule has 0 bridgehead atoms. The van der Waals surface area contributed by atoms with E-state index in [-0.39, 0.29) is 5.91 Å². The van der Waals surface area contributed by atoms with Crippen molar-refractivity contribution in [2.45, 2.75) is 52.0 Å². The summed E-state index contributed by atoms with van der Waals surface area (Å²) in [5.74, 6) is 1.88. The molecule has 2 rings (SSSR count). The molecule has 0 saturated carbocycles. The number of hydrogen-bond donors (Lipinski definition) is 2. The van der Waals surface area contributed by atoms with Crippen molar-refractivity contribution in [3.63, 3.8) is 0 Å². The number of likely N-dealkylation sites (tertiary alicyclic amines) is 1. The van der Waals surface area contributed by atoms with Gasteiger partial charge in [-0.05, 0) is 45.2 Å². The van der Waals surface area contributed by atoms with Gasteiger partial charge in [0.05, 0.1) is 6.61 Å². The van der Waals surface area contributed by atoms with Gasteiger partial charge in [-0.3, -0.25) is 9.79 Å². The molecule has 6 heteroatoms. The van der Waals surface area contributed by atoms with Gasteiger partial charge in [-0.15, -0.1) is 0 Å². The summed E-state index contributed by atoms with van der Waals surface area (Å²) < 4.78 is 5.68. The van der Waals surface area contributed by atoms with E-state index < -0.39 is 0 Å². The number of carbonyl (C=O) groups excluding carboxylic acids is 1. The van der Waals surface area contributed by atoms with E-state index in [1.54, 1.807) is 0 Å². The highest BCUT2D eigenvalue weighted by Crippen LogP contribution is 2.16. The monoisotopic (exact) mass is 374 g/mol. The van der Waals surface area contributed by atoms with Gasteiger partial charge in [-0.2, -0.15) is 0 Å². The normalized spacial score (nSPS) is 17.5. The molecule has 150 valence electrons. The van der Waals surface area contributed by atoms with Crippen LogP contribution in [-0.2, 0) is 4.79 Å². The molecule has 1 aliphatic heterocycles. The number of guanidine groups is 1. The number of nitrogens with one attached hydrogen (secondary N) is 2. The topological polar surface area (TPSA) is 66.0 Å². The molecular formula is C21H34N4O2. The lowest BCUT2D eigenvalue weighted by molar-refractivity contribution is -0.134. The van der Waals surface area contributed by atoms with Crippen molar-refractivity contribution < 1.29 is 9.53 Å². The molecule has 2 N–H and O–H groups in total. The minimum atomic E-state index is 0.238. The van der Waals surface area contributed by atoms with Gasteiger partial charge in [0.15, 0.2) is 5.96 Å². The minimum absolute atomic E-state index is 0.238. The molecular weight excluding hydrogens is 340 g/mol. The largest absolute Gasteiger partial charge is 0.494 e. The Bertz CT molecular complexity index is 577. The van der Waals surface area contributed by atoms with Gasteiger partial charge in [0.2, 0.25) is 5.91 Å². The minimum Gasteiger partial charge on any atom is -0.494 e. The molecule has 0 aromatic heterocycles. The van der Waals surface area contributed by atoms with Crippen LogP contribution in [0.2, 0.25) is 0 Å². The third-order valence-electron chi connectivity index (χ3n) is 4.68. The molecule has 1 aliphatic rings. The van der Waals surface area contributed by atoms with Crippen LogP contribution in [0.5, 0.6) is 5.75 Å². The summed E-state index contributed by atoms with van der Waals surface area (Å²) in [6, 6.07) is 10.2. The Morgan fingerprint density at radius 3 is 2.81 bits per heavy atom. The van der Waals surface area contributed by atoms with Crippen molar-refractivity contribution >= 4 is 11.9 Å². The first-order valence-electron chi connectivity index (χ1n) is 10.2. The molecule has 1 aromatic carbocycles. The second-order valence-corrected chi connectivity index (χ2v) is 6.88. The van der Waals surface area contributed by atoms with Crippen LogP contribution in [-0.4, -0.2) is 55.6 Å². The average Bonchev–Trinajstić information content (AvgIpc) is 2.68. The Morgan fingerprint density at radius 1 is 1.26 bits per heavy atom. The Labute approximate surface area is 163 Å². The van der Waals surface area contributed by atoms with Crippen LogP contribution < -0.4 is 15.4 Å². The van der Waals surface area contributed by atoms with Gasteiger partial charge in [0, 0.05) is 45.1 Å². The summed E-state index contributed by atoms with van der Waals surface area (Å²) in [5, 5.41) is 6.49. The first kappa shape index (κ1) is 21.1. The zero-order valence-electron chi connectivity index (χ0n) is 16.7. The van der Waals surface area contributed by atoms with E-state index in [0.29, 0.717) is 32.2 Å². The highest BCUT2D eigenvalue weighted by molar-refractivity contribution is 5.81. The third kappa shape index (κ3) is 7.89. The summed E-state index contributed by atoms with van der Waals surface area (Å²) in [6.45, 7) is 7.80. The number of ether oxygens (including phenoxy) is 1. The number of piperidine rings is 1. The Morgan fingerprint density at radius 2 is 2.07 bits per heavy atom. The van der Waals surface area contributed by atoms with E-state index in [1.807, 2.05) is 42.2 Å². The molecule has 1 heterocycles. The van der Waals surface area contributed by atoms with Gasteiger partial charge < -0.3 is 20.3 Å². The Balaban J connectivity index is 1.66. The van der Waals surface area contributed by atoms with E-state index in [1.165, 1.54) is 6.42 Å². The maximum atomic E-state index is 12.4. The summed E-state index contributed by atoms with van der Waals surface area (Å²) in [5.41, 5.74) is 0. The fourth-order valence-corrected chi connectivity index (χ4v) is 3.20. The van der Waals surface area contributed by atoms with Crippen LogP contribution in [0.1, 0.15) is 46.0 Å². The quantitative estimate of drug-likeness (QED) is 0.396. The van der Waals surface area contributed by atoms with E-state index in [2.05, 4.69) is 22.5 Å². The van der Waals surface area contributed by atoms with Crippen molar-refractivity contribution in [1.29, 1.82) is 0 Å². The molecule has 6 nitrogen and oxygen atoms in total. The number of hydrogen-bond acceptors (Lipinski definition) is 3. The number of amides is 1. The molecule has 1 atom stereocenters. The first-order valence-corrected chi connectivity index (χ1v) is 10.2. The molecule has 27 heavy (non-hydrogen) atoms. The summed E-state index contributed by atoms with van der Waals surface area (Å²) in [6.07, 6.45) is 4.82. The standard InChI is InChI=1S/C21H34N4O2/c1-3-22-21(23-14-9-17-27-19-11-5-4-6-12-19)24-15-13-20(26)25-16-8-7-10-18(25)2/h4-6,11-12,18H,3,7-10,13-17H2,1-2H3,(H2,22,23,24). The fourth-order valence-electron chi connectivity index (χ4n) is 3.20. The van der Waals surface area contributed by atoms with Gasteiger partial charge in [0.1, 0.15) is 5.75 Å². The van der Waals surface area contributed by atoms with Crippen LogP contribution in [0.25, 0.3) is 0 Å². The van der Waals surface area contributed by atoms with Crippen LogP contribution >= 0.6 is 0 Å². The lowest BCUT2D eigenvalue weighted by Crippen LogP contribution is -2.44. The molecule has 1 saturated heterocycles. The smallest absolute Gasteiger partial charge is 0.224 e. The summed E-state index contributed by atoms with van der Waals surface area (Å²) in [4.78, 5) is 19.0. The van der Waals surface area contributed by atoms with E-state index in [4.69, 9.17) is 4.74 Å². The van der Waals surface area contributed by atoms with Gasteiger partial charge in [-0.25, -0.2) is 0 Å². The SMILES string of the molecule is CCNC(=NCCCOc1ccccc1)NCCC(=O)N1CCCCC1C. The van der Waals surface area contributed by atoms with Crippen LogP contribution in [0.4, 0.5) is 0 Å². The predicted molar refractivity (Wildman–Crippen MR) is 110 cm³/mol. The van der Waals surface area contributed by atoms with Gasteiger partial charge in [0.25, 0.3) is 0 Å². The number of benzene rings is 1. The second kappa shape index (κ2) is 12.2. The van der Waals surface area contributed by atoms with Crippen molar-refractivity contribution in [3.05, 3.63) is 30.3 Å². The number of rotatable bonds is 9. The van der Waals surface area contributed by atoms with Crippen molar-refractivity contribution in [3.8, 4) is 5.75 Å². The van der Waals surface area contributed by atoms with Crippen molar-refractivity contribution in [1.82, 2.24) is 15.5 Å². The Hall–Kier alpha value is -2.24. The predicted octanol–water partition coefficient (Wildman–Crippen LogP) is 2.80. The second-order valence-electron chi connectivity index (χ2n) is 6.88. The summed E-state index contributed by atoms with van der Waals surface area (Å²) >= 11 is 0. The lowest BCUT2D eigenvalue weighted by atomic mass is 10.0. The highest BCUT2D eigenvalue weighted by Gasteiger charge is 2.22. The molecule has 1 aromatic rings. The zero-order chi connectivity index (χ0) is 19.3. The van der Waals surface area contributed by atoms with Crippen LogP contribution in [0.3, 0.4) is 0 Å². The number of carbonyl (C=O) groups is 1. The highest BCUT2D eigenvalue weighted by atomic mass is 16.5. The number of para-hydroxylation sites is 1. The fraction of sp³-hybridized carbons (Fsp3) is 0.619. The molecule has 1 fully saturated rings. The van der Waals surface area contributed by atoms with Crippen molar-refractivity contribution in [2.24, 2.45) is 4.99 Å². The maximum Gasteiger partial charge on any atom is 0.224 e. The maximum absolute atomic E-state index is 12.4. The molecule has 1 amide bonds. The van der Waals surface area contributed by atoms with Crippen LogP contribution in [0, 0.1) is 0 Å². The first-order chi connectivity index (χ1) is 13.2. The summed E-state index contributed by atoms with van der Waals surface area (Å²) in [7, 11) is 0. The molecule has 0 aliphatic carbocycles. The Kier molecular flexibility index (Phi) is 9.52. The van der Waals surface area contributed by atoms with Crippen molar-refractivity contribution in [2.75, 3.05) is 32.8 Å². The molecule has 0 radical (unpaired) electrons. The molecule has 1 unspecified atom stereocenters. The van der Waals surface area contributed by atoms with E-state index in [0.717, 1.165) is 44.1 Å². The van der Waals surface area contributed by atoms with Gasteiger partial charge >= 0.3 is 0 Å². The number of nitrogens with zero attached hydrogens (tertiary/aromatic N) is 2. The number of aliphatic imine (C=N–C) groups is 1. The average molecular weight is 375 g/mol. The zero-order valence-corrected chi connectivity index (χ0v) is 16.7. The van der Waals surface area contributed by atoms with E-state index >= 15 is 0 Å². The third-order valence-corrected chi connectivity index (χ3v) is 4.68. The van der Waals surface area contributed by atoms with Gasteiger partial charge in [-0.1, -0.05) is 18.2 Å². The van der Waals surface area contributed by atoms with E-state index in [9.17, 15) is 4.79 Å². The lowest BCUT2D eigenvalue weighted by Gasteiger charge is -2.33. The molecule has 0 spiro atoms. The van der Waals surface area contributed by atoms with Crippen LogP contribution in [0.15, 0.2) is 35.3 Å².